The Morgan fingerprint density at radius 3 is 2.23 bits per heavy atom. The summed E-state index contributed by atoms with van der Waals surface area (Å²) in [5, 5.41) is 12.3. The van der Waals surface area contributed by atoms with Crippen LogP contribution >= 0.6 is 0 Å². The summed E-state index contributed by atoms with van der Waals surface area (Å²) in [4.78, 5) is 39.2. The predicted molar refractivity (Wildman–Crippen MR) is 133 cm³/mol. The highest BCUT2D eigenvalue weighted by molar-refractivity contribution is 5.89. The van der Waals surface area contributed by atoms with Crippen molar-refractivity contribution >= 4 is 18.0 Å². The van der Waals surface area contributed by atoms with E-state index in [9.17, 15) is 19.5 Å². The Morgan fingerprint density at radius 2 is 1.66 bits per heavy atom. The van der Waals surface area contributed by atoms with Crippen LogP contribution < -0.4 is 5.32 Å². The van der Waals surface area contributed by atoms with Crippen LogP contribution in [0.5, 0.6) is 0 Å². The molecule has 2 N–H and O–H groups in total. The fourth-order valence-electron chi connectivity index (χ4n) is 5.10. The van der Waals surface area contributed by atoms with Crippen molar-refractivity contribution in [1.29, 1.82) is 0 Å². The fourth-order valence-corrected chi connectivity index (χ4v) is 5.10. The first-order chi connectivity index (χ1) is 16.7. The van der Waals surface area contributed by atoms with E-state index >= 15 is 0 Å². The van der Waals surface area contributed by atoms with Crippen LogP contribution in [0.25, 0.3) is 11.1 Å². The van der Waals surface area contributed by atoms with Crippen LogP contribution in [0.4, 0.5) is 4.79 Å². The molecule has 2 aromatic rings. The maximum atomic E-state index is 13.3. The third kappa shape index (κ3) is 5.50. The molecule has 1 heterocycles. The van der Waals surface area contributed by atoms with Crippen LogP contribution in [0.3, 0.4) is 0 Å². The number of alkyl carbamates (subject to hydrolysis) is 1. The number of carbonyl (C=O) groups excluding carboxylic acids is 2. The number of carboxylic acid groups (broad SMARTS) is 1. The predicted octanol–water partition coefficient (Wildman–Crippen LogP) is 4.80. The van der Waals surface area contributed by atoms with E-state index in [2.05, 4.69) is 50.4 Å². The van der Waals surface area contributed by atoms with E-state index in [1.54, 1.807) is 0 Å². The summed E-state index contributed by atoms with van der Waals surface area (Å²) in [6, 6.07) is 14.5. The second kappa shape index (κ2) is 10.1. The Bertz CT molecular complexity index is 1060. The van der Waals surface area contributed by atoms with Gasteiger partial charge in [-0.25, -0.2) is 9.59 Å². The van der Waals surface area contributed by atoms with Crippen molar-refractivity contribution < 1.29 is 24.2 Å². The highest BCUT2D eigenvalue weighted by atomic mass is 16.5. The lowest BCUT2D eigenvalue weighted by molar-refractivity contribution is -0.149. The van der Waals surface area contributed by atoms with Crippen molar-refractivity contribution in [1.82, 2.24) is 10.2 Å². The maximum absolute atomic E-state index is 13.3. The minimum Gasteiger partial charge on any atom is -0.480 e. The number of carbonyl (C=O) groups is 3. The van der Waals surface area contributed by atoms with Crippen LogP contribution in [0, 0.1) is 5.41 Å². The molecule has 0 spiro atoms. The van der Waals surface area contributed by atoms with Crippen LogP contribution in [-0.2, 0) is 14.3 Å². The Hall–Kier alpha value is -3.35. The molecule has 7 heteroatoms. The number of nitrogens with one attached hydrogen (secondary N) is 1. The van der Waals surface area contributed by atoms with Crippen molar-refractivity contribution in [2.24, 2.45) is 5.41 Å². The first kappa shape index (κ1) is 24.8. The van der Waals surface area contributed by atoms with Crippen molar-refractivity contribution in [2.75, 3.05) is 13.2 Å². The van der Waals surface area contributed by atoms with Gasteiger partial charge >= 0.3 is 12.1 Å². The third-order valence-electron chi connectivity index (χ3n) is 6.94. The van der Waals surface area contributed by atoms with Crippen molar-refractivity contribution in [2.45, 2.75) is 64.5 Å². The summed E-state index contributed by atoms with van der Waals surface area (Å²) >= 11 is 0. The molecule has 0 aromatic heterocycles. The molecule has 7 nitrogen and oxygen atoms in total. The molecule has 0 saturated carbocycles. The lowest BCUT2D eigenvalue weighted by Crippen LogP contribution is -2.52. The number of hydrogen-bond donors (Lipinski definition) is 2. The summed E-state index contributed by atoms with van der Waals surface area (Å²) in [7, 11) is 0. The van der Waals surface area contributed by atoms with Gasteiger partial charge in [0.2, 0.25) is 5.91 Å². The second-order valence-corrected chi connectivity index (χ2v) is 10.6. The third-order valence-corrected chi connectivity index (χ3v) is 6.94. The molecule has 35 heavy (non-hydrogen) atoms. The van der Waals surface area contributed by atoms with Crippen molar-refractivity contribution in [3.8, 4) is 11.1 Å². The molecule has 2 unspecified atom stereocenters. The molecule has 186 valence electrons. The van der Waals surface area contributed by atoms with E-state index in [4.69, 9.17) is 4.74 Å². The normalized spacial score (nSPS) is 18.0. The first-order valence-electron chi connectivity index (χ1n) is 12.3. The van der Waals surface area contributed by atoms with Crippen LogP contribution in [-0.4, -0.2) is 53.2 Å². The van der Waals surface area contributed by atoms with E-state index in [0.717, 1.165) is 22.3 Å². The van der Waals surface area contributed by atoms with Gasteiger partial charge in [0, 0.05) is 12.5 Å². The number of aliphatic carboxylic acids is 1. The summed E-state index contributed by atoms with van der Waals surface area (Å²) in [5.41, 5.74) is 4.47. The fraction of sp³-hybridized carbons (Fsp3) is 0.464. The quantitative estimate of drug-likeness (QED) is 0.596. The minimum absolute atomic E-state index is 0.0431. The molecule has 2 aliphatic rings. The van der Waals surface area contributed by atoms with Gasteiger partial charge in [-0.15, -0.1) is 0 Å². The monoisotopic (exact) mass is 478 g/mol. The van der Waals surface area contributed by atoms with Gasteiger partial charge in [0.15, 0.2) is 0 Å². The average molecular weight is 479 g/mol. The van der Waals surface area contributed by atoms with Crippen LogP contribution in [0.15, 0.2) is 48.5 Å². The number of hydrogen-bond acceptors (Lipinski definition) is 4. The van der Waals surface area contributed by atoms with Gasteiger partial charge in [-0.3, -0.25) is 4.79 Å². The lowest BCUT2D eigenvalue weighted by Gasteiger charge is -2.29. The smallest absolute Gasteiger partial charge is 0.407 e. The lowest BCUT2D eigenvalue weighted by atomic mass is 9.88. The van der Waals surface area contributed by atoms with E-state index in [1.807, 2.05) is 24.3 Å². The number of amides is 2. The number of carboxylic acids is 1. The molecule has 4 rings (SSSR count). The SMILES string of the molecule is CC(C)(C)CCC(NC(=O)OCC1c2ccccc2-c2ccccc21)C(=O)N1CCCC1C(=O)O. The second-order valence-electron chi connectivity index (χ2n) is 10.6. The average Bonchev–Trinajstić information content (AvgIpc) is 3.43. The number of ether oxygens (including phenoxy) is 1. The van der Waals surface area contributed by atoms with E-state index < -0.39 is 24.1 Å². The van der Waals surface area contributed by atoms with E-state index in [1.165, 1.54) is 4.90 Å². The van der Waals surface area contributed by atoms with Gasteiger partial charge in [-0.2, -0.15) is 0 Å². The Balaban J connectivity index is 1.45. The molecule has 2 atom stereocenters. The molecule has 1 fully saturated rings. The summed E-state index contributed by atoms with van der Waals surface area (Å²) in [5.74, 6) is -1.44. The zero-order chi connectivity index (χ0) is 25.2. The largest absolute Gasteiger partial charge is 0.480 e. The zero-order valence-electron chi connectivity index (χ0n) is 20.6. The molecular formula is C28H34N2O5. The highest BCUT2D eigenvalue weighted by Crippen LogP contribution is 2.44. The van der Waals surface area contributed by atoms with Gasteiger partial charge < -0.3 is 20.1 Å². The topological polar surface area (TPSA) is 95.9 Å². The highest BCUT2D eigenvalue weighted by Gasteiger charge is 2.38. The number of nitrogens with zero attached hydrogens (tertiary/aromatic N) is 1. The van der Waals surface area contributed by atoms with Crippen molar-refractivity contribution in [3.63, 3.8) is 0 Å². The Morgan fingerprint density at radius 1 is 1.06 bits per heavy atom. The number of rotatable bonds is 7. The van der Waals surface area contributed by atoms with Gasteiger partial charge in [-0.05, 0) is 53.4 Å². The number of benzene rings is 2. The van der Waals surface area contributed by atoms with Gasteiger partial charge in [0.05, 0.1) is 0 Å². The summed E-state index contributed by atoms with van der Waals surface area (Å²) in [6.07, 6.45) is 1.51. The van der Waals surface area contributed by atoms with Crippen molar-refractivity contribution in [3.05, 3.63) is 59.7 Å². The molecule has 1 saturated heterocycles. The molecule has 2 aromatic carbocycles. The first-order valence-corrected chi connectivity index (χ1v) is 12.3. The summed E-state index contributed by atoms with van der Waals surface area (Å²) in [6.45, 7) is 6.74. The minimum atomic E-state index is -1.01. The van der Waals surface area contributed by atoms with E-state index in [-0.39, 0.29) is 23.8 Å². The molecule has 2 amide bonds. The zero-order valence-corrected chi connectivity index (χ0v) is 20.6. The van der Waals surface area contributed by atoms with Gasteiger partial charge in [0.25, 0.3) is 0 Å². The van der Waals surface area contributed by atoms with Gasteiger partial charge in [-0.1, -0.05) is 69.3 Å². The maximum Gasteiger partial charge on any atom is 0.407 e. The van der Waals surface area contributed by atoms with E-state index in [0.29, 0.717) is 32.2 Å². The number of likely N-dealkylation sites (tertiary alicyclic amines) is 1. The molecule has 0 bridgehead atoms. The standard InChI is InChI=1S/C28H34N2O5/c1-28(2,3)15-14-23(25(31)30-16-8-13-24(30)26(32)33)29-27(34)35-17-22-20-11-6-4-9-18(20)19-10-5-7-12-21(19)22/h4-7,9-12,22-24H,8,13-17H2,1-3H3,(H,29,34)(H,32,33). The Labute approximate surface area is 206 Å². The molecule has 1 aliphatic carbocycles. The van der Waals surface area contributed by atoms with Crippen LogP contribution in [0.1, 0.15) is 63.5 Å². The molecular weight excluding hydrogens is 444 g/mol. The van der Waals surface area contributed by atoms with Crippen LogP contribution in [0.2, 0.25) is 0 Å². The number of fused-ring (bicyclic) bond motifs is 3. The Kier molecular flexibility index (Phi) is 7.15. The molecule has 0 radical (unpaired) electrons. The van der Waals surface area contributed by atoms with Gasteiger partial charge in [0.1, 0.15) is 18.7 Å². The molecule has 1 aliphatic heterocycles. The summed E-state index contributed by atoms with van der Waals surface area (Å²) < 4.78 is 5.65.